The topological polar surface area (TPSA) is 133 Å². The molecule has 2 aromatic heterocycles. The number of rotatable bonds is 12. The fraction of sp³-hybridized carbons (Fsp3) is 0.364. The molecule has 0 radical (unpaired) electrons. The highest BCUT2D eigenvalue weighted by molar-refractivity contribution is 5.95. The molecule has 15 heteroatoms. The van der Waals surface area contributed by atoms with Gasteiger partial charge in [0.15, 0.2) is 5.69 Å². The van der Waals surface area contributed by atoms with E-state index in [2.05, 4.69) is 25.6 Å². The molecule has 37 heavy (non-hydrogen) atoms. The van der Waals surface area contributed by atoms with E-state index in [0.29, 0.717) is 5.69 Å². The van der Waals surface area contributed by atoms with Gasteiger partial charge in [0.05, 0.1) is 43.5 Å². The molecule has 1 aromatic carbocycles. The minimum absolute atomic E-state index is 0.0147. The van der Waals surface area contributed by atoms with Crippen LogP contribution in [0.5, 0.6) is 5.75 Å². The maximum absolute atomic E-state index is 12.5. The number of alkyl halides is 4. The molecule has 0 unspecified atom stereocenters. The van der Waals surface area contributed by atoms with Gasteiger partial charge in [-0.2, -0.15) is 13.2 Å². The largest absolute Gasteiger partial charge is 0.489 e. The molecule has 0 atom stereocenters. The third-order valence-corrected chi connectivity index (χ3v) is 4.62. The number of halogens is 4. The van der Waals surface area contributed by atoms with Crippen molar-refractivity contribution in [2.45, 2.75) is 19.6 Å². The van der Waals surface area contributed by atoms with E-state index in [1.54, 1.807) is 18.4 Å². The molecule has 0 aliphatic rings. The minimum Gasteiger partial charge on any atom is -0.489 e. The summed E-state index contributed by atoms with van der Waals surface area (Å²) >= 11 is 0. The first-order valence-electron chi connectivity index (χ1n) is 10.9. The number of aryl methyl sites for hydroxylation is 1. The molecule has 3 aromatic rings. The van der Waals surface area contributed by atoms with Crippen LogP contribution >= 0.6 is 0 Å². The third-order valence-electron chi connectivity index (χ3n) is 4.62. The van der Waals surface area contributed by atoms with Crippen LogP contribution < -0.4 is 15.4 Å². The molecule has 0 fully saturated rings. The summed E-state index contributed by atoms with van der Waals surface area (Å²) < 4.78 is 61.4. The van der Waals surface area contributed by atoms with Gasteiger partial charge in [-0.25, -0.2) is 9.07 Å². The van der Waals surface area contributed by atoms with E-state index in [-0.39, 0.29) is 49.1 Å². The van der Waals surface area contributed by atoms with Gasteiger partial charge in [0, 0.05) is 11.8 Å². The lowest BCUT2D eigenvalue weighted by Crippen LogP contribution is -2.33. The number of aromatic nitrogens is 5. The SMILES string of the molecule is Cc1cnc(CNC(=O)c2cn(-c3ccc(C(=O)NCC(F)(F)F)cc3OCCOCCF)nn2)cn1. The van der Waals surface area contributed by atoms with Crippen LogP contribution in [0.4, 0.5) is 17.6 Å². The summed E-state index contributed by atoms with van der Waals surface area (Å²) in [5.41, 5.74) is 1.37. The summed E-state index contributed by atoms with van der Waals surface area (Å²) in [6, 6.07) is 3.86. The average molecular weight is 525 g/mol. The molecule has 2 amide bonds. The molecule has 2 N–H and O–H groups in total. The number of hydrogen-bond donors (Lipinski definition) is 2. The van der Waals surface area contributed by atoms with Crippen molar-refractivity contribution in [2.75, 3.05) is 33.0 Å². The second kappa shape index (κ2) is 12.7. The Morgan fingerprint density at radius 2 is 1.86 bits per heavy atom. The highest BCUT2D eigenvalue weighted by Crippen LogP contribution is 2.25. The van der Waals surface area contributed by atoms with Crippen molar-refractivity contribution >= 4 is 11.8 Å². The number of nitrogens with one attached hydrogen (secondary N) is 2. The molecular weight excluding hydrogens is 502 g/mol. The molecule has 11 nitrogen and oxygen atoms in total. The molecule has 198 valence electrons. The molecule has 3 rings (SSSR count). The van der Waals surface area contributed by atoms with E-state index >= 15 is 0 Å². The lowest BCUT2D eigenvalue weighted by atomic mass is 10.1. The molecular formula is C22H23F4N7O4. The number of nitrogens with zero attached hydrogens (tertiary/aromatic N) is 5. The van der Waals surface area contributed by atoms with Crippen molar-refractivity contribution in [3.8, 4) is 11.4 Å². The van der Waals surface area contributed by atoms with Gasteiger partial charge in [0.2, 0.25) is 0 Å². The van der Waals surface area contributed by atoms with Crippen LogP contribution in [0.2, 0.25) is 0 Å². The van der Waals surface area contributed by atoms with Crippen molar-refractivity contribution in [3.05, 3.63) is 59.4 Å². The zero-order chi connectivity index (χ0) is 26.8. The van der Waals surface area contributed by atoms with Crippen molar-refractivity contribution in [3.63, 3.8) is 0 Å². The van der Waals surface area contributed by atoms with Crippen LogP contribution in [0.15, 0.2) is 36.8 Å². The number of ether oxygens (including phenoxy) is 2. The number of carbonyl (C=O) groups is 2. The van der Waals surface area contributed by atoms with Gasteiger partial charge in [-0.15, -0.1) is 5.10 Å². The summed E-state index contributed by atoms with van der Waals surface area (Å²) in [6.45, 7) is -0.470. The second-order valence-corrected chi connectivity index (χ2v) is 7.51. The van der Waals surface area contributed by atoms with E-state index in [4.69, 9.17) is 9.47 Å². The first-order valence-corrected chi connectivity index (χ1v) is 10.9. The van der Waals surface area contributed by atoms with Gasteiger partial charge in [0.25, 0.3) is 11.8 Å². The molecule has 0 aliphatic heterocycles. The highest BCUT2D eigenvalue weighted by atomic mass is 19.4. The van der Waals surface area contributed by atoms with Crippen LogP contribution in [0.25, 0.3) is 5.69 Å². The number of hydrogen-bond acceptors (Lipinski definition) is 8. The number of amides is 2. The minimum atomic E-state index is -4.58. The van der Waals surface area contributed by atoms with Crippen LogP contribution in [0, 0.1) is 6.92 Å². The summed E-state index contributed by atoms with van der Waals surface area (Å²) in [5, 5.41) is 12.2. The van der Waals surface area contributed by atoms with Gasteiger partial charge >= 0.3 is 6.18 Å². The first-order chi connectivity index (χ1) is 17.7. The Morgan fingerprint density at radius 3 is 2.57 bits per heavy atom. The van der Waals surface area contributed by atoms with Crippen LogP contribution in [-0.2, 0) is 11.3 Å². The quantitative estimate of drug-likeness (QED) is 0.271. The number of carbonyl (C=O) groups excluding carboxylic acids is 2. The van der Waals surface area contributed by atoms with Gasteiger partial charge < -0.3 is 20.1 Å². The van der Waals surface area contributed by atoms with Gasteiger partial charge in [-0.1, -0.05) is 5.21 Å². The predicted octanol–water partition coefficient (Wildman–Crippen LogP) is 1.95. The molecule has 2 heterocycles. The Hall–Kier alpha value is -4.14. The fourth-order valence-electron chi connectivity index (χ4n) is 2.87. The van der Waals surface area contributed by atoms with E-state index in [0.717, 1.165) is 5.69 Å². The highest BCUT2D eigenvalue weighted by Gasteiger charge is 2.28. The van der Waals surface area contributed by atoms with Crippen molar-refractivity contribution in [1.29, 1.82) is 0 Å². The van der Waals surface area contributed by atoms with E-state index in [1.165, 1.54) is 35.3 Å². The van der Waals surface area contributed by atoms with Crippen molar-refractivity contribution in [1.82, 2.24) is 35.6 Å². The van der Waals surface area contributed by atoms with Crippen LogP contribution in [0.3, 0.4) is 0 Å². The fourth-order valence-corrected chi connectivity index (χ4v) is 2.87. The lowest BCUT2D eigenvalue weighted by molar-refractivity contribution is -0.123. The first kappa shape index (κ1) is 27.4. The summed E-state index contributed by atoms with van der Waals surface area (Å²) in [7, 11) is 0. The average Bonchev–Trinajstić information content (AvgIpc) is 3.36. The summed E-state index contributed by atoms with van der Waals surface area (Å²) in [5.74, 6) is -1.46. The smallest absolute Gasteiger partial charge is 0.405 e. The summed E-state index contributed by atoms with van der Waals surface area (Å²) in [6.07, 6.45) is -0.178. The Kier molecular flexibility index (Phi) is 9.43. The van der Waals surface area contributed by atoms with E-state index in [1.807, 2.05) is 0 Å². The zero-order valence-electron chi connectivity index (χ0n) is 19.6. The molecule has 0 spiro atoms. The maximum atomic E-state index is 12.5. The van der Waals surface area contributed by atoms with Crippen LogP contribution in [-0.4, -0.2) is 76.0 Å². The van der Waals surface area contributed by atoms with Gasteiger partial charge in [-0.3, -0.25) is 19.6 Å². The Morgan fingerprint density at radius 1 is 1.05 bits per heavy atom. The van der Waals surface area contributed by atoms with E-state index < -0.39 is 31.2 Å². The predicted molar refractivity (Wildman–Crippen MR) is 120 cm³/mol. The molecule has 0 aliphatic carbocycles. The standard InChI is InChI=1S/C22H23F4N7O4/c1-14-9-28-16(10-27-14)11-29-21(35)17-12-33(32-31-17)18-3-2-15(20(34)30-13-22(24,25)26)8-19(18)37-7-6-36-5-4-23/h2-3,8-10,12H,4-7,11,13H2,1H3,(H,29,35)(H,30,34). The molecule has 0 saturated carbocycles. The van der Waals surface area contributed by atoms with Crippen molar-refractivity contribution in [2.24, 2.45) is 0 Å². The number of benzene rings is 1. The Labute approximate surface area is 208 Å². The third kappa shape index (κ3) is 8.49. The molecule has 0 bridgehead atoms. The van der Waals surface area contributed by atoms with Crippen LogP contribution in [0.1, 0.15) is 32.2 Å². The Bertz CT molecular complexity index is 1200. The van der Waals surface area contributed by atoms with Gasteiger partial charge in [-0.05, 0) is 25.1 Å². The normalized spacial score (nSPS) is 11.3. The Balaban J connectivity index is 1.75. The zero-order valence-corrected chi connectivity index (χ0v) is 19.6. The second-order valence-electron chi connectivity index (χ2n) is 7.51. The maximum Gasteiger partial charge on any atom is 0.405 e. The van der Waals surface area contributed by atoms with Gasteiger partial charge in [0.1, 0.15) is 31.3 Å². The van der Waals surface area contributed by atoms with E-state index in [9.17, 15) is 27.2 Å². The van der Waals surface area contributed by atoms with Crippen molar-refractivity contribution < 1.29 is 36.6 Å². The summed E-state index contributed by atoms with van der Waals surface area (Å²) in [4.78, 5) is 32.9. The lowest BCUT2D eigenvalue weighted by Gasteiger charge is -2.14. The molecule has 0 saturated heterocycles. The monoisotopic (exact) mass is 525 g/mol.